The monoisotopic (exact) mass is 252 g/mol. The van der Waals surface area contributed by atoms with Crippen molar-refractivity contribution in [2.45, 2.75) is 37.8 Å². The standard InChI is InChI=1S/C12H20N4O2/c1-18-14-6-13-8-4-9-7-2-11(10(9)5-8)12(3-7)15-16-17/h6-12H,2-5H2,1H3,(H,13,14)(H,15,17). The molecule has 0 saturated heterocycles. The minimum Gasteiger partial charge on any atom is -0.279 e. The second kappa shape index (κ2) is 4.84. The van der Waals surface area contributed by atoms with Gasteiger partial charge in [0.2, 0.25) is 0 Å². The maximum atomic E-state index is 10.4. The Morgan fingerprint density at radius 1 is 1.17 bits per heavy atom. The molecule has 3 rings (SSSR count). The van der Waals surface area contributed by atoms with Gasteiger partial charge in [-0.25, -0.2) is 0 Å². The number of nitrogens with one attached hydrogen (secondary N) is 2. The Hall–Kier alpha value is -1.17. The summed E-state index contributed by atoms with van der Waals surface area (Å²) in [4.78, 5) is 19.6. The third-order valence-corrected chi connectivity index (χ3v) is 5.12. The molecule has 18 heavy (non-hydrogen) atoms. The lowest BCUT2D eigenvalue weighted by atomic mass is 9.79. The fourth-order valence-corrected chi connectivity index (χ4v) is 4.57. The minimum atomic E-state index is 0.313. The van der Waals surface area contributed by atoms with Gasteiger partial charge in [0, 0.05) is 5.29 Å². The summed E-state index contributed by atoms with van der Waals surface area (Å²) in [5.74, 6) is 2.94. The summed E-state index contributed by atoms with van der Waals surface area (Å²) in [6.45, 7) is 0. The van der Waals surface area contributed by atoms with Crippen molar-refractivity contribution in [2.75, 3.05) is 7.11 Å². The number of rotatable bonds is 5. The maximum Gasteiger partial charge on any atom is 0.107 e. The van der Waals surface area contributed by atoms with Crippen molar-refractivity contribution < 1.29 is 4.84 Å². The van der Waals surface area contributed by atoms with Crippen LogP contribution in [0.2, 0.25) is 0 Å². The molecule has 0 amide bonds. The van der Waals surface area contributed by atoms with E-state index >= 15 is 0 Å². The van der Waals surface area contributed by atoms with E-state index in [9.17, 15) is 4.91 Å². The average Bonchev–Trinajstić information content (AvgIpc) is 2.99. The van der Waals surface area contributed by atoms with Crippen LogP contribution in [0.5, 0.6) is 0 Å². The van der Waals surface area contributed by atoms with E-state index in [1.807, 2.05) is 0 Å². The highest BCUT2D eigenvalue weighted by Crippen LogP contribution is 2.59. The molecule has 0 aromatic rings. The van der Waals surface area contributed by atoms with E-state index in [-0.39, 0.29) is 0 Å². The van der Waals surface area contributed by atoms with Crippen LogP contribution < -0.4 is 10.9 Å². The predicted octanol–water partition coefficient (Wildman–Crippen LogP) is 1.24. The van der Waals surface area contributed by atoms with Gasteiger partial charge >= 0.3 is 0 Å². The molecule has 6 heteroatoms. The van der Waals surface area contributed by atoms with Crippen LogP contribution in [0, 0.1) is 28.6 Å². The van der Waals surface area contributed by atoms with Crippen LogP contribution in [0.4, 0.5) is 0 Å². The number of aliphatic imine (C=N–C) groups is 1. The Kier molecular flexibility index (Phi) is 3.20. The van der Waals surface area contributed by atoms with E-state index in [0.29, 0.717) is 18.0 Å². The molecule has 3 saturated carbocycles. The Morgan fingerprint density at radius 2 is 2.00 bits per heavy atom. The summed E-state index contributed by atoms with van der Waals surface area (Å²) < 4.78 is 0. The second-order valence-electron chi connectivity index (χ2n) is 5.78. The molecule has 6 atom stereocenters. The summed E-state index contributed by atoms with van der Waals surface area (Å²) in [5, 5.41) is 2.87. The number of hydroxylamine groups is 1. The Morgan fingerprint density at radius 3 is 2.78 bits per heavy atom. The van der Waals surface area contributed by atoms with Gasteiger partial charge in [-0.2, -0.15) is 0 Å². The number of hydrogen-bond donors (Lipinski definition) is 2. The first-order valence-electron chi connectivity index (χ1n) is 6.71. The van der Waals surface area contributed by atoms with Crippen LogP contribution in [0.3, 0.4) is 0 Å². The van der Waals surface area contributed by atoms with Crippen molar-refractivity contribution >= 4 is 6.34 Å². The van der Waals surface area contributed by atoms with Crippen molar-refractivity contribution in [3.05, 3.63) is 4.91 Å². The molecule has 0 spiro atoms. The Labute approximate surface area is 106 Å². The molecule has 2 N–H and O–H groups in total. The van der Waals surface area contributed by atoms with Gasteiger partial charge < -0.3 is 0 Å². The summed E-state index contributed by atoms with van der Waals surface area (Å²) in [6, 6.07) is 0.726. The SMILES string of the molecule is CONC=NC1CC2C3CC(NN=O)C(C3)C2C1. The minimum absolute atomic E-state index is 0.313. The zero-order valence-electron chi connectivity index (χ0n) is 10.6. The largest absolute Gasteiger partial charge is 0.279 e. The van der Waals surface area contributed by atoms with Gasteiger partial charge in [-0.15, -0.1) is 4.91 Å². The molecule has 3 aliphatic rings. The van der Waals surface area contributed by atoms with E-state index in [1.54, 1.807) is 13.4 Å². The van der Waals surface area contributed by atoms with Crippen LogP contribution in [0.25, 0.3) is 0 Å². The zero-order chi connectivity index (χ0) is 12.5. The molecule has 2 bridgehead atoms. The topological polar surface area (TPSA) is 75.1 Å². The third kappa shape index (κ3) is 1.88. The van der Waals surface area contributed by atoms with Gasteiger partial charge in [0.1, 0.15) is 6.34 Å². The van der Waals surface area contributed by atoms with E-state index < -0.39 is 0 Å². The van der Waals surface area contributed by atoms with Gasteiger partial charge in [-0.1, -0.05) is 0 Å². The normalized spacial score (nSPS) is 45.4. The van der Waals surface area contributed by atoms with Crippen molar-refractivity contribution in [3.8, 4) is 0 Å². The van der Waals surface area contributed by atoms with E-state index in [1.165, 1.54) is 12.8 Å². The molecule has 6 unspecified atom stereocenters. The average molecular weight is 252 g/mol. The van der Waals surface area contributed by atoms with Gasteiger partial charge in [-0.3, -0.25) is 20.7 Å². The first kappa shape index (κ1) is 11.9. The number of nitroso groups, excluding NO2 is 1. The smallest absolute Gasteiger partial charge is 0.107 e. The molecule has 0 radical (unpaired) electrons. The predicted molar refractivity (Wildman–Crippen MR) is 67.6 cm³/mol. The lowest BCUT2D eigenvalue weighted by molar-refractivity contribution is 0.148. The number of nitrogens with zero attached hydrogens (tertiary/aromatic N) is 2. The Bertz CT molecular complexity index is 349. The third-order valence-electron chi connectivity index (χ3n) is 5.12. The summed E-state index contributed by atoms with van der Waals surface area (Å²) in [5.41, 5.74) is 5.40. The van der Waals surface area contributed by atoms with Crippen molar-refractivity contribution in [3.63, 3.8) is 0 Å². The van der Waals surface area contributed by atoms with Gasteiger partial charge in [0.15, 0.2) is 0 Å². The molecule has 3 aliphatic carbocycles. The van der Waals surface area contributed by atoms with E-state index in [0.717, 1.165) is 30.6 Å². The fraction of sp³-hybridized carbons (Fsp3) is 0.917. The molecule has 3 fully saturated rings. The number of hydrogen-bond acceptors (Lipinski definition) is 4. The molecular weight excluding hydrogens is 232 g/mol. The first-order chi connectivity index (χ1) is 8.83. The lowest BCUT2D eigenvalue weighted by Crippen LogP contribution is -2.36. The summed E-state index contributed by atoms with van der Waals surface area (Å²) in [7, 11) is 1.58. The molecule has 0 aromatic heterocycles. The highest BCUT2D eigenvalue weighted by molar-refractivity contribution is 5.52. The highest BCUT2D eigenvalue weighted by Gasteiger charge is 2.56. The highest BCUT2D eigenvalue weighted by atomic mass is 16.6. The molecule has 100 valence electrons. The van der Waals surface area contributed by atoms with E-state index in [4.69, 9.17) is 4.84 Å². The summed E-state index contributed by atoms with van der Waals surface area (Å²) >= 11 is 0. The molecule has 6 nitrogen and oxygen atoms in total. The number of fused-ring (bicyclic) bond motifs is 5. The quantitative estimate of drug-likeness (QED) is 0.334. The van der Waals surface area contributed by atoms with Gasteiger partial charge in [0.05, 0.1) is 19.2 Å². The van der Waals surface area contributed by atoms with E-state index in [2.05, 4.69) is 21.2 Å². The van der Waals surface area contributed by atoms with Crippen LogP contribution in [-0.4, -0.2) is 25.5 Å². The maximum absolute atomic E-state index is 10.4. The van der Waals surface area contributed by atoms with Crippen molar-refractivity contribution in [2.24, 2.45) is 33.9 Å². The van der Waals surface area contributed by atoms with Crippen molar-refractivity contribution in [1.29, 1.82) is 0 Å². The van der Waals surface area contributed by atoms with Crippen molar-refractivity contribution in [1.82, 2.24) is 10.9 Å². The second-order valence-corrected chi connectivity index (χ2v) is 5.78. The fourth-order valence-electron chi connectivity index (χ4n) is 4.57. The summed E-state index contributed by atoms with van der Waals surface area (Å²) in [6.07, 6.45) is 6.37. The van der Waals surface area contributed by atoms with Crippen LogP contribution in [0.1, 0.15) is 25.7 Å². The van der Waals surface area contributed by atoms with Crippen LogP contribution in [0.15, 0.2) is 10.3 Å². The molecular formula is C12H20N4O2. The molecule has 0 aliphatic heterocycles. The van der Waals surface area contributed by atoms with Crippen LogP contribution >= 0.6 is 0 Å². The zero-order valence-corrected chi connectivity index (χ0v) is 10.6. The lowest BCUT2D eigenvalue weighted by Gasteiger charge is -2.29. The van der Waals surface area contributed by atoms with Crippen LogP contribution in [-0.2, 0) is 4.84 Å². The first-order valence-corrected chi connectivity index (χ1v) is 6.71. The van der Waals surface area contributed by atoms with Gasteiger partial charge in [0.25, 0.3) is 0 Å². The molecule has 0 aromatic carbocycles. The van der Waals surface area contributed by atoms with Gasteiger partial charge in [-0.05, 0) is 49.4 Å². The molecule has 0 heterocycles. The Balaban J connectivity index is 1.61.